The molecule has 0 spiro atoms. The molecule has 1 atom stereocenters. The lowest BCUT2D eigenvalue weighted by Crippen LogP contribution is -2.38. The Hall–Kier alpha value is -3.35. The minimum atomic E-state index is -0.977. The summed E-state index contributed by atoms with van der Waals surface area (Å²) in [4.78, 5) is 24.0. The van der Waals surface area contributed by atoms with Gasteiger partial charge in [-0.05, 0) is 24.3 Å². The van der Waals surface area contributed by atoms with E-state index < -0.39 is 6.04 Å². The summed E-state index contributed by atoms with van der Waals surface area (Å²) in [5, 5.41) is 16.1. The number of benzene rings is 2. The molecule has 0 aromatic heterocycles. The van der Waals surface area contributed by atoms with Gasteiger partial charge in [0, 0.05) is 6.92 Å². The van der Waals surface area contributed by atoms with Crippen LogP contribution in [0.3, 0.4) is 0 Å². The van der Waals surface area contributed by atoms with Crippen LogP contribution in [0.2, 0.25) is 0 Å². The van der Waals surface area contributed by atoms with Gasteiger partial charge in [0.05, 0.1) is 11.4 Å². The number of nitrogens with one attached hydrogen (secondary N) is 1. The summed E-state index contributed by atoms with van der Waals surface area (Å²) in [6.07, 6.45) is 0. The van der Waals surface area contributed by atoms with Gasteiger partial charge in [0.15, 0.2) is 5.84 Å². The number of para-hydroxylation sites is 1. The Balaban J connectivity index is 1.89. The van der Waals surface area contributed by atoms with Crippen molar-refractivity contribution in [3.8, 4) is 0 Å². The first-order valence-electron chi connectivity index (χ1n) is 7.36. The summed E-state index contributed by atoms with van der Waals surface area (Å²) in [6.45, 7) is 1.35. The molecule has 1 heterocycles. The Morgan fingerprint density at radius 2 is 1.71 bits per heavy atom. The van der Waals surface area contributed by atoms with E-state index in [0.29, 0.717) is 11.4 Å². The average Bonchev–Trinajstić information content (AvgIpc) is 2.90. The van der Waals surface area contributed by atoms with E-state index >= 15 is 0 Å². The van der Waals surface area contributed by atoms with Crippen LogP contribution in [0.4, 0.5) is 11.4 Å². The number of rotatable bonds is 3. The van der Waals surface area contributed by atoms with Gasteiger partial charge in [0.2, 0.25) is 11.9 Å². The van der Waals surface area contributed by atoms with E-state index in [4.69, 9.17) is 0 Å². The summed E-state index contributed by atoms with van der Waals surface area (Å²) >= 11 is 0. The van der Waals surface area contributed by atoms with Gasteiger partial charge in [0.1, 0.15) is 0 Å². The van der Waals surface area contributed by atoms with Gasteiger partial charge in [-0.2, -0.15) is 15.2 Å². The zero-order chi connectivity index (χ0) is 16.9. The molecule has 7 heteroatoms. The number of carbonyl (C=O) groups excluding carboxylic acids is 2. The van der Waals surface area contributed by atoms with Crippen molar-refractivity contribution < 1.29 is 9.59 Å². The van der Waals surface area contributed by atoms with Crippen LogP contribution < -0.4 is 10.3 Å². The van der Waals surface area contributed by atoms with Crippen molar-refractivity contribution >= 4 is 29.0 Å². The third kappa shape index (κ3) is 3.35. The molecular formula is C17H15N5O2. The number of hydrazone groups is 1. The molecule has 0 radical (unpaired) electrons. The van der Waals surface area contributed by atoms with Crippen LogP contribution in [0.1, 0.15) is 6.92 Å². The highest BCUT2D eigenvalue weighted by molar-refractivity contribution is 6.21. The van der Waals surface area contributed by atoms with E-state index in [1.165, 1.54) is 11.9 Å². The van der Waals surface area contributed by atoms with Crippen molar-refractivity contribution in [1.29, 1.82) is 0 Å². The molecule has 7 nitrogen and oxygen atoms in total. The average molecular weight is 321 g/mol. The molecule has 1 aliphatic heterocycles. The SMILES string of the molecule is CC(=O)NC1=NN(c2ccccc2)C(=O)C1N=Nc1ccccc1. The van der Waals surface area contributed by atoms with Gasteiger partial charge in [-0.3, -0.25) is 9.59 Å². The second-order valence-corrected chi connectivity index (χ2v) is 5.11. The fourth-order valence-electron chi connectivity index (χ4n) is 2.20. The first-order chi connectivity index (χ1) is 11.6. The van der Waals surface area contributed by atoms with Crippen LogP contribution in [0.5, 0.6) is 0 Å². The topological polar surface area (TPSA) is 86.5 Å². The molecule has 0 bridgehead atoms. The summed E-state index contributed by atoms with van der Waals surface area (Å²) in [5.41, 5.74) is 1.22. The molecule has 0 saturated carbocycles. The first-order valence-corrected chi connectivity index (χ1v) is 7.36. The van der Waals surface area contributed by atoms with E-state index in [9.17, 15) is 9.59 Å². The van der Waals surface area contributed by atoms with Gasteiger partial charge in [-0.1, -0.05) is 36.4 Å². The van der Waals surface area contributed by atoms with Crippen LogP contribution >= 0.6 is 0 Å². The molecule has 2 aromatic rings. The quantitative estimate of drug-likeness (QED) is 0.881. The lowest BCUT2D eigenvalue weighted by molar-refractivity contribution is -0.117. The minimum Gasteiger partial charge on any atom is -0.311 e. The Morgan fingerprint density at radius 3 is 2.33 bits per heavy atom. The molecule has 0 aliphatic carbocycles. The molecule has 1 unspecified atom stereocenters. The lowest BCUT2D eigenvalue weighted by atomic mass is 10.2. The zero-order valence-corrected chi connectivity index (χ0v) is 13.0. The maximum Gasteiger partial charge on any atom is 0.282 e. The maximum absolute atomic E-state index is 12.6. The monoisotopic (exact) mass is 321 g/mol. The van der Waals surface area contributed by atoms with E-state index in [1.54, 1.807) is 36.4 Å². The lowest BCUT2D eigenvalue weighted by Gasteiger charge is -2.11. The van der Waals surface area contributed by atoms with Crippen molar-refractivity contribution in [3.05, 3.63) is 60.7 Å². The van der Waals surface area contributed by atoms with Gasteiger partial charge in [-0.25, -0.2) is 0 Å². The van der Waals surface area contributed by atoms with Gasteiger partial charge >= 0.3 is 0 Å². The maximum atomic E-state index is 12.6. The largest absolute Gasteiger partial charge is 0.311 e. The number of azo groups is 1. The number of carbonyl (C=O) groups is 2. The third-order valence-corrected chi connectivity index (χ3v) is 3.26. The van der Waals surface area contributed by atoms with E-state index in [0.717, 1.165) is 0 Å². The highest BCUT2D eigenvalue weighted by Gasteiger charge is 2.37. The molecule has 3 rings (SSSR count). The predicted molar refractivity (Wildman–Crippen MR) is 89.9 cm³/mol. The van der Waals surface area contributed by atoms with E-state index in [2.05, 4.69) is 20.6 Å². The second kappa shape index (κ2) is 6.82. The minimum absolute atomic E-state index is 0.163. The molecule has 0 saturated heterocycles. The summed E-state index contributed by atoms with van der Waals surface area (Å²) in [5.74, 6) is -0.531. The van der Waals surface area contributed by atoms with Crippen LogP contribution in [-0.2, 0) is 9.59 Å². The zero-order valence-electron chi connectivity index (χ0n) is 13.0. The molecule has 120 valence electrons. The van der Waals surface area contributed by atoms with Crippen molar-refractivity contribution in [2.75, 3.05) is 5.01 Å². The van der Waals surface area contributed by atoms with Crippen LogP contribution in [0.15, 0.2) is 76.0 Å². The normalized spacial score (nSPS) is 17.2. The Kier molecular flexibility index (Phi) is 4.42. The summed E-state index contributed by atoms with van der Waals surface area (Å²) in [7, 11) is 0. The van der Waals surface area contributed by atoms with E-state index in [1.807, 2.05) is 24.3 Å². The molecule has 1 N–H and O–H groups in total. The summed E-state index contributed by atoms with van der Waals surface area (Å²) in [6, 6.07) is 17.0. The molecule has 24 heavy (non-hydrogen) atoms. The third-order valence-electron chi connectivity index (χ3n) is 3.26. The van der Waals surface area contributed by atoms with Crippen molar-refractivity contribution in [2.24, 2.45) is 15.3 Å². The smallest absolute Gasteiger partial charge is 0.282 e. The number of hydrogen-bond donors (Lipinski definition) is 1. The van der Waals surface area contributed by atoms with Crippen molar-refractivity contribution in [3.63, 3.8) is 0 Å². The number of amides is 2. The number of amidine groups is 1. The van der Waals surface area contributed by atoms with Crippen molar-refractivity contribution in [1.82, 2.24) is 5.32 Å². The van der Waals surface area contributed by atoms with Crippen LogP contribution in [0.25, 0.3) is 0 Å². The highest BCUT2D eigenvalue weighted by atomic mass is 16.2. The Labute approximate surface area is 138 Å². The van der Waals surface area contributed by atoms with Crippen LogP contribution in [0, 0.1) is 0 Å². The molecule has 0 fully saturated rings. The Bertz CT molecular complexity index is 802. The number of hydrogen-bond acceptors (Lipinski definition) is 5. The molecular weight excluding hydrogens is 306 g/mol. The van der Waals surface area contributed by atoms with E-state index in [-0.39, 0.29) is 17.6 Å². The second-order valence-electron chi connectivity index (χ2n) is 5.11. The fourth-order valence-corrected chi connectivity index (χ4v) is 2.20. The molecule has 2 aromatic carbocycles. The molecule has 1 aliphatic rings. The van der Waals surface area contributed by atoms with Crippen LogP contribution in [-0.4, -0.2) is 23.7 Å². The van der Waals surface area contributed by atoms with Gasteiger partial charge in [-0.15, -0.1) is 5.10 Å². The summed E-state index contributed by atoms with van der Waals surface area (Å²) < 4.78 is 0. The molecule has 2 amide bonds. The van der Waals surface area contributed by atoms with Gasteiger partial charge < -0.3 is 5.32 Å². The fraction of sp³-hybridized carbons (Fsp3) is 0.118. The highest BCUT2D eigenvalue weighted by Crippen LogP contribution is 2.22. The number of anilines is 1. The first kappa shape index (κ1) is 15.5. The number of nitrogens with zero attached hydrogens (tertiary/aromatic N) is 4. The Morgan fingerprint density at radius 1 is 1.08 bits per heavy atom. The van der Waals surface area contributed by atoms with Gasteiger partial charge in [0.25, 0.3) is 5.91 Å². The predicted octanol–water partition coefficient (Wildman–Crippen LogP) is 2.64. The van der Waals surface area contributed by atoms with Crippen molar-refractivity contribution in [2.45, 2.75) is 13.0 Å². The standard InChI is InChI=1S/C17H15N5O2/c1-12(23)18-16-15(20-19-13-8-4-2-5-9-13)17(24)22(21-16)14-10-6-3-7-11-14/h2-11,15H,1H3,(H,18,21,23).